The van der Waals surface area contributed by atoms with Crippen molar-refractivity contribution < 1.29 is 40.4 Å². The molecular weight excluding hydrogens is 860 g/mol. The normalized spacial score (nSPS) is 18.6. The largest absolute Gasteiger partial charge is 0.494 e. The Hall–Kier alpha value is -5.62. The summed E-state index contributed by atoms with van der Waals surface area (Å²) in [5.74, 6) is -0.587. The molecule has 4 heterocycles. The van der Waals surface area contributed by atoms with E-state index in [1.165, 1.54) is 36.6 Å². The van der Waals surface area contributed by atoms with Crippen molar-refractivity contribution in [1.29, 1.82) is 10.0 Å². The van der Waals surface area contributed by atoms with Crippen LogP contribution in [0, 0.1) is 16.1 Å². The zero-order valence-corrected chi connectivity index (χ0v) is 36.5. The highest BCUT2D eigenvalue weighted by Gasteiger charge is 2.53. The summed E-state index contributed by atoms with van der Waals surface area (Å²) in [5.41, 5.74) is -2.64. The number of anilines is 2. The fourth-order valence-electron chi connectivity index (χ4n) is 7.91. The number of carbonyl (C=O) groups excluding carboxylic acids is 1. The summed E-state index contributed by atoms with van der Waals surface area (Å²) >= 11 is 0. The zero-order chi connectivity index (χ0) is 45.4. The maximum Gasteiger partial charge on any atom is 0.417 e. The molecule has 3 atom stereocenters. The fraction of sp³-hybridized carbons (Fsp3) is 0.419. The van der Waals surface area contributed by atoms with Gasteiger partial charge in [-0.1, -0.05) is 0 Å². The third-order valence-electron chi connectivity index (χ3n) is 11.6. The number of sulfone groups is 1. The van der Waals surface area contributed by atoms with Crippen LogP contribution in [0.15, 0.2) is 78.0 Å². The Morgan fingerprint density at radius 3 is 2.48 bits per heavy atom. The molecule has 3 aromatic heterocycles. The number of rotatable bonds is 16. The Labute approximate surface area is 363 Å². The first-order valence-corrected chi connectivity index (χ1v) is 24.0. The molecule has 2 aromatic carbocycles. The van der Waals surface area contributed by atoms with Crippen molar-refractivity contribution in [2.45, 2.75) is 73.4 Å². The summed E-state index contributed by atoms with van der Waals surface area (Å²) in [5, 5.41) is 22.8. The van der Waals surface area contributed by atoms with Crippen LogP contribution in [0.4, 0.5) is 24.7 Å². The van der Waals surface area contributed by atoms with Crippen LogP contribution < -0.4 is 15.0 Å². The van der Waals surface area contributed by atoms with Gasteiger partial charge in [0.05, 0.1) is 54.6 Å². The molecule has 1 amide bonds. The Morgan fingerprint density at radius 1 is 1.06 bits per heavy atom. The van der Waals surface area contributed by atoms with E-state index in [1.54, 1.807) is 6.20 Å². The van der Waals surface area contributed by atoms with E-state index in [2.05, 4.69) is 32.0 Å². The third-order valence-corrected chi connectivity index (χ3v) is 15.6. The van der Waals surface area contributed by atoms with Crippen molar-refractivity contribution >= 4 is 48.0 Å². The van der Waals surface area contributed by atoms with E-state index in [0.717, 1.165) is 86.9 Å². The van der Waals surface area contributed by atoms with Crippen molar-refractivity contribution in [2.75, 3.05) is 55.0 Å². The van der Waals surface area contributed by atoms with Gasteiger partial charge >= 0.3 is 6.18 Å². The van der Waals surface area contributed by atoms with Gasteiger partial charge in [-0.15, -0.1) is 0 Å². The molecule has 5 aromatic rings. The number of hydrogen-bond donors (Lipinski definition) is 4. The molecule has 1 aliphatic heterocycles. The topological polar surface area (TPSA) is 218 Å². The van der Waals surface area contributed by atoms with Gasteiger partial charge < -0.3 is 25.0 Å². The van der Waals surface area contributed by atoms with Gasteiger partial charge in [0, 0.05) is 67.0 Å². The van der Waals surface area contributed by atoms with Gasteiger partial charge in [0.2, 0.25) is 0 Å². The lowest BCUT2D eigenvalue weighted by Crippen LogP contribution is -2.52. The average molecular weight is 908 g/mol. The second kappa shape index (κ2) is 17.5. The number of amides is 1. The first-order valence-electron chi connectivity index (χ1n) is 20.4. The van der Waals surface area contributed by atoms with Crippen LogP contribution in [0.25, 0.3) is 22.4 Å². The molecular formula is C43H48F3N9O6S2. The minimum atomic E-state index is -4.88. The summed E-state index contributed by atoms with van der Waals surface area (Å²) in [6.07, 6.45) is 4.02. The summed E-state index contributed by atoms with van der Waals surface area (Å²) < 4.78 is 93.2. The summed E-state index contributed by atoms with van der Waals surface area (Å²) in [4.78, 5) is 34.8. The third kappa shape index (κ3) is 9.96. The number of pyridine rings is 1. The summed E-state index contributed by atoms with van der Waals surface area (Å²) in [7, 11) is -7.15. The van der Waals surface area contributed by atoms with E-state index < -0.39 is 58.9 Å². The monoisotopic (exact) mass is 907 g/mol. The molecule has 1 aliphatic carbocycles. The quantitative estimate of drug-likeness (QED) is 0.0781. The second-order valence-corrected chi connectivity index (χ2v) is 20.9. The lowest BCUT2D eigenvalue weighted by Gasteiger charge is -2.41. The van der Waals surface area contributed by atoms with E-state index >= 15 is 0 Å². The fourth-order valence-corrected chi connectivity index (χ4v) is 10.9. The molecule has 334 valence electrons. The molecule has 2 fully saturated rings. The standard InChI is InChI=1S/C43H48F3N9O6S2/c1-28-26-54(20-21-55(28)37-24-36(42(15-16-42)62(3,48)58)52-39(53-37)34-14-18-50-38-33(34)13-17-49-38)19-5-4-6-22-61-31-9-11-32(12-10-31)63(59,60)27-41(2,57)40(56)51-30-8-7-29(25-47)35(23-30)43(44,45)46/h7-14,17-18,23-24,28,48,57H,4-6,15-16,19-22,26-27H2,1-3H3,(H,49,50)(H,51,56)/t28-,41?,62-/m1/s1. The van der Waals surface area contributed by atoms with Crippen molar-refractivity contribution in [3.63, 3.8) is 0 Å². The van der Waals surface area contributed by atoms with Gasteiger partial charge in [-0.2, -0.15) is 18.4 Å². The van der Waals surface area contributed by atoms with E-state index in [-0.39, 0.29) is 16.6 Å². The highest BCUT2D eigenvalue weighted by molar-refractivity contribution is 7.93. The van der Waals surface area contributed by atoms with Crippen LogP contribution in [0.3, 0.4) is 0 Å². The number of benzene rings is 2. The first-order chi connectivity index (χ1) is 29.7. The summed E-state index contributed by atoms with van der Waals surface area (Å²) in [6, 6.07) is 15.3. The molecule has 1 unspecified atom stereocenters. The van der Waals surface area contributed by atoms with Gasteiger partial charge in [-0.25, -0.2) is 27.6 Å². The van der Waals surface area contributed by atoms with Crippen molar-refractivity contribution in [1.82, 2.24) is 24.8 Å². The van der Waals surface area contributed by atoms with Crippen molar-refractivity contribution in [3.8, 4) is 23.2 Å². The molecule has 63 heavy (non-hydrogen) atoms. The van der Waals surface area contributed by atoms with Crippen LogP contribution in [-0.4, -0.2) is 105 Å². The highest BCUT2D eigenvalue weighted by Crippen LogP contribution is 2.53. The van der Waals surface area contributed by atoms with Crippen LogP contribution in [-0.2, 0) is 35.3 Å². The minimum absolute atomic E-state index is 0.124. The lowest BCUT2D eigenvalue weighted by molar-refractivity contribution is -0.137. The Kier molecular flexibility index (Phi) is 12.6. The number of H-pyrrole nitrogens is 1. The number of unbranched alkanes of at least 4 members (excludes halogenated alkanes) is 2. The van der Waals surface area contributed by atoms with E-state index in [0.29, 0.717) is 42.8 Å². The van der Waals surface area contributed by atoms with Gasteiger partial charge in [0.1, 0.15) is 17.2 Å². The maximum absolute atomic E-state index is 13.4. The molecule has 7 rings (SSSR count). The van der Waals surface area contributed by atoms with Crippen LogP contribution in [0.2, 0.25) is 0 Å². The first kappa shape index (κ1) is 45.4. The predicted octanol–water partition coefficient (Wildman–Crippen LogP) is 6.50. The predicted molar refractivity (Wildman–Crippen MR) is 231 cm³/mol. The number of carbonyl (C=O) groups is 1. The van der Waals surface area contributed by atoms with E-state index in [1.807, 2.05) is 24.4 Å². The van der Waals surface area contributed by atoms with Gasteiger partial charge in [-0.05, 0) is 107 Å². The van der Waals surface area contributed by atoms with Crippen molar-refractivity contribution in [3.05, 3.63) is 89.9 Å². The number of nitriles is 1. The number of aromatic nitrogens is 4. The SMILES string of the molecule is C[C@@H]1CN(CCCCCOc2ccc(S(=O)(=O)CC(C)(O)C(=O)Nc3ccc(C#N)c(C(F)(F)F)c3)cc2)CCN1c1cc(C2([S@](C)(=N)=O)CC2)nc(-c2ccnc3[nH]ccc23)n1. The van der Waals surface area contributed by atoms with E-state index in [9.17, 15) is 35.7 Å². The number of ether oxygens (including phenoxy) is 1. The molecule has 0 bridgehead atoms. The van der Waals surface area contributed by atoms with Crippen LogP contribution in [0.1, 0.15) is 62.8 Å². The summed E-state index contributed by atoms with van der Waals surface area (Å²) in [6.45, 7) is 6.74. The smallest absolute Gasteiger partial charge is 0.417 e. The molecule has 0 radical (unpaired) electrons. The van der Waals surface area contributed by atoms with Gasteiger partial charge in [0.25, 0.3) is 5.91 Å². The van der Waals surface area contributed by atoms with Gasteiger partial charge in [-0.3, -0.25) is 14.5 Å². The molecule has 20 heteroatoms. The van der Waals surface area contributed by atoms with Gasteiger partial charge in [0.15, 0.2) is 21.3 Å². The number of hydrogen-bond acceptors (Lipinski definition) is 13. The number of alkyl halides is 3. The zero-order valence-electron chi connectivity index (χ0n) is 34.9. The molecule has 15 nitrogen and oxygen atoms in total. The number of fused-ring (bicyclic) bond motifs is 1. The number of aliphatic hydroxyl groups is 1. The van der Waals surface area contributed by atoms with Crippen LogP contribution >= 0.6 is 0 Å². The van der Waals surface area contributed by atoms with Crippen LogP contribution in [0.5, 0.6) is 5.75 Å². The molecule has 2 aliphatic rings. The van der Waals surface area contributed by atoms with Crippen molar-refractivity contribution in [2.24, 2.45) is 0 Å². The Balaban J connectivity index is 0.879. The Morgan fingerprint density at radius 2 is 1.81 bits per heavy atom. The molecule has 0 spiro atoms. The van der Waals surface area contributed by atoms with E-state index in [4.69, 9.17) is 24.7 Å². The number of aromatic amines is 1. The molecule has 1 saturated heterocycles. The maximum atomic E-state index is 13.4. The minimum Gasteiger partial charge on any atom is -0.494 e. The Bertz CT molecular complexity index is 2770. The number of halogens is 3. The number of nitrogens with one attached hydrogen (secondary N) is 3. The second-order valence-electron chi connectivity index (χ2n) is 16.5. The number of nitrogens with zero attached hydrogens (tertiary/aromatic N) is 6. The highest BCUT2D eigenvalue weighted by atomic mass is 32.2. The average Bonchev–Trinajstić information content (AvgIpc) is 3.92. The molecule has 4 N–H and O–H groups in total. The molecule has 1 saturated carbocycles. The lowest BCUT2D eigenvalue weighted by atomic mass is 10.1. The number of piperazine rings is 1.